The van der Waals surface area contributed by atoms with Crippen LogP contribution in [0.2, 0.25) is 5.02 Å². The molecule has 0 aliphatic carbocycles. The maximum absolute atomic E-state index is 13.0. The summed E-state index contributed by atoms with van der Waals surface area (Å²) in [6, 6.07) is 12.6. The van der Waals surface area contributed by atoms with Crippen molar-refractivity contribution in [2.24, 2.45) is 0 Å². The summed E-state index contributed by atoms with van der Waals surface area (Å²) in [5.74, 6) is -0.725. The van der Waals surface area contributed by atoms with Crippen LogP contribution in [-0.4, -0.2) is 40.5 Å². The zero-order chi connectivity index (χ0) is 20.1. The van der Waals surface area contributed by atoms with Crippen LogP contribution in [0.25, 0.3) is 0 Å². The first-order valence-electron chi connectivity index (χ1n) is 9.26. The molecule has 0 unspecified atom stereocenters. The first-order chi connectivity index (χ1) is 13.4. The molecule has 2 aromatic carbocycles. The third-order valence-corrected chi connectivity index (χ3v) is 5.64. The molecule has 0 radical (unpaired) electrons. The Labute approximate surface area is 168 Å². The number of rotatable bonds is 6. The fourth-order valence-corrected chi connectivity index (χ4v) is 3.87. The van der Waals surface area contributed by atoms with Gasteiger partial charge in [-0.2, -0.15) is 0 Å². The van der Waals surface area contributed by atoms with Gasteiger partial charge in [-0.15, -0.1) is 0 Å². The van der Waals surface area contributed by atoms with E-state index in [4.69, 9.17) is 11.6 Å². The van der Waals surface area contributed by atoms with Gasteiger partial charge in [0.2, 0.25) is 0 Å². The Morgan fingerprint density at radius 3 is 2.39 bits per heavy atom. The SMILES string of the molecule is O=C(C(=CO)CCN1CCC(O)(c2ccccc2Cl)CC1)c1ccc(F)cc1. The molecule has 1 heterocycles. The highest BCUT2D eigenvalue weighted by atomic mass is 35.5. The number of nitrogens with zero attached hydrogens (tertiary/aromatic N) is 1. The van der Waals surface area contributed by atoms with Crippen LogP contribution in [0.5, 0.6) is 0 Å². The van der Waals surface area contributed by atoms with E-state index in [1.807, 2.05) is 18.2 Å². The lowest BCUT2D eigenvalue weighted by molar-refractivity contribution is -0.0255. The Balaban J connectivity index is 1.56. The Kier molecular flexibility index (Phi) is 6.50. The fourth-order valence-electron chi connectivity index (χ4n) is 3.56. The van der Waals surface area contributed by atoms with E-state index in [9.17, 15) is 19.4 Å². The predicted octanol–water partition coefficient (Wildman–Crippen LogP) is 4.48. The van der Waals surface area contributed by atoms with Gasteiger partial charge in [0, 0.05) is 41.4 Å². The molecule has 0 atom stereocenters. The second-order valence-electron chi connectivity index (χ2n) is 7.09. The molecule has 1 fully saturated rings. The summed E-state index contributed by atoms with van der Waals surface area (Å²) in [5, 5.41) is 21.0. The summed E-state index contributed by atoms with van der Waals surface area (Å²) >= 11 is 6.24. The van der Waals surface area contributed by atoms with E-state index in [0.717, 1.165) is 11.8 Å². The van der Waals surface area contributed by atoms with E-state index in [0.29, 0.717) is 49.5 Å². The van der Waals surface area contributed by atoms with Crippen LogP contribution >= 0.6 is 11.6 Å². The number of aliphatic hydroxyl groups is 2. The van der Waals surface area contributed by atoms with Gasteiger partial charge < -0.3 is 15.1 Å². The number of hydrogen-bond acceptors (Lipinski definition) is 4. The van der Waals surface area contributed by atoms with Gasteiger partial charge in [0.05, 0.1) is 11.9 Å². The number of aliphatic hydroxyl groups excluding tert-OH is 1. The van der Waals surface area contributed by atoms with Gasteiger partial charge in [-0.3, -0.25) is 4.79 Å². The lowest BCUT2D eigenvalue weighted by atomic mass is 9.84. The smallest absolute Gasteiger partial charge is 0.192 e. The molecule has 3 rings (SSSR count). The van der Waals surface area contributed by atoms with Crippen molar-refractivity contribution in [3.63, 3.8) is 0 Å². The largest absolute Gasteiger partial charge is 0.515 e. The van der Waals surface area contributed by atoms with Crippen molar-refractivity contribution in [3.05, 3.63) is 82.3 Å². The van der Waals surface area contributed by atoms with E-state index in [1.165, 1.54) is 24.3 Å². The minimum atomic E-state index is -0.950. The average Bonchev–Trinajstić information content (AvgIpc) is 2.70. The summed E-state index contributed by atoms with van der Waals surface area (Å²) in [6.07, 6.45) is 2.29. The van der Waals surface area contributed by atoms with Gasteiger partial charge in [0.25, 0.3) is 0 Å². The molecule has 148 valence electrons. The highest BCUT2D eigenvalue weighted by molar-refractivity contribution is 6.31. The number of ketones is 1. The summed E-state index contributed by atoms with van der Waals surface area (Å²) in [4.78, 5) is 14.6. The molecule has 1 saturated heterocycles. The first-order valence-corrected chi connectivity index (χ1v) is 9.64. The molecule has 28 heavy (non-hydrogen) atoms. The second-order valence-corrected chi connectivity index (χ2v) is 7.50. The topological polar surface area (TPSA) is 60.8 Å². The predicted molar refractivity (Wildman–Crippen MR) is 107 cm³/mol. The Morgan fingerprint density at radius 1 is 1.14 bits per heavy atom. The van der Waals surface area contributed by atoms with Gasteiger partial charge in [-0.05, 0) is 49.6 Å². The third kappa shape index (κ3) is 4.61. The highest BCUT2D eigenvalue weighted by Gasteiger charge is 2.35. The minimum absolute atomic E-state index is 0.276. The second kappa shape index (κ2) is 8.86. The van der Waals surface area contributed by atoms with Crippen molar-refractivity contribution >= 4 is 17.4 Å². The van der Waals surface area contributed by atoms with Crippen molar-refractivity contribution in [2.45, 2.75) is 24.9 Å². The van der Waals surface area contributed by atoms with E-state index in [2.05, 4.69) is 4.90 Å². The molecular formula is C22H23ClFNO3. The Hall–Kier alpha value is -2.21. The standard InChI is InChI=1S/C22H23ClFNO3/c23-20-4-2-1-3-19(20)22(28)10-13-25(14-11-22)12-9-17(15-26)21(27)16-5-7-18(24)8-6-16/h1-8,15,26,28H,9-14H2. The summed E-state index contributed by atoms with van der Waals surface area (Å²) in [5.41, 5.74) is 0.416. The summed E-state index contributed by atoms with van der Waals surface area (Å²) in [6.45, 7) is 1.90. The van der Waals surface area contributed by atoms with Gasteiger partial charge in [0.1, 0.15) is 5.82 Å². The number of benzene rings is 2. The lowest BCUT2D eigenvalue weighted by Gasteiger charge is -2.39. The number of piperidine rings is 1. The van der Waals surface area contributed by atoms with Gasteiger partial charge in [0.15, 0.2) is 5.78 Å². The summed E-state index contributed by atoms with van der Waals surface area (Å²) in [7, 11) is 0. The molecule has 0 aromatic heterocycles. The van der Waals surface area contributed by atoms with Crippen LogP contribution in [0.1, 0.15) is 35.2 Å². The maximum Gasteiger partial charge on any atom is 0.192 e. The van der Waals surface area contributed by atoms with Crippen molar-refractivity contribution in [3.8, 4) is 0 Å². The Bertz CT molecular complexity index is 858. The average molecular weight is 404 g/mol. The number of hydrogen-bond donors (Lipinski definition) is 2. The van der Waals surface area contributed by atoms with Crippen LogP contribution in [0.4, 0.5) is 4.39 Å². The molecule has 0 amide bonds. The number of carbonyl (C=O) groups is 1. The molecule has 4 nitrogen and oxygen atoms in total. The zero-order valence-electron chi connectivity index (χ0n) is 15.4. The maximum atomic E-state index is 13.0. The van der Waals surface area contributed by atoms with Gasteiger partial charge >= 0.3 is 0 Å². The van der Waals surface area contributed by atoms with Gasteiger partial charge in [-0.25, -0.2) is 4.39 Å². The van der Waals surface area contributed by atoms with Crippen molar-refractivity contribution in [1.82, 2.24) is 4.90 Å². The Morgan fingerprint density at radius 2 is 1.79 bits per heavy atom. The monoisotopic (exact) mass is 403 g/mol. The van der Waals surface area contributed by atoms with Crippen LogP contribution < -0.4 is 0 Å². The van der Waals surface area contributed by atoms with E-state index < -0.39 is 11.4 Å². The lowest BCUT2D eigenvalue weighted by Crippen LogP contribution is -2.43. The van der Waals surface area contributed by atoms with Crippen LogP contribution in [0.15, 0.2) is 60.4 Å². The summed E-state index contributed by atoms with van der Waals surface area (Å²) < 4.78 is 13.0. The van der Waals surface area contributed by atoms with Crippen LogP contribution in [-0.2, 0) is 5.60 Å². The highest BCUT2D eigenvalue weighted by Crippen LogP contribution is 2.36. The fraction of sp³-hybridized carbons (Fsp3) is 0.318. The molecule has 2 aromatic rings. The normalized spacial score (nSPS) is 17.5. The van der Waals surface area contributed by atoms with Crippen molar-refractivity contribution in [1.29, 1.82) is 0 Å². The molecule has 2 N–H and O–H groups in total. The quantitative estimate of drug-likeness (QED) is 0.424. The first kappa shape index (κ1) is 20.5. The van der Waals surface area contributed by atoms with E-state index in [-0.39, 0.29) is 11.4 Å². The van der Waals surface area contributed by atoms with E-state index in [1.54, 1.807) is 6.07 Å². The van der Waals surface area contributed by atoms with Gasteiger partial charge in [-0.1, -0.05) is 29.8 Å². The molecule has 1 aliphatic rings. The molecule has 0 bridgehead atoms. The molecule has 0 saturated carbocycles. The van der Waals surface area contributed by atoms with Crippen LogP contribution in [0.3, 0.4) is 0 Å². The van der Waals surface area contributed by atoms with Crippen molar-refractivity contribution in [2.75, 3.05) is 19.6 Å². The minimum Gasteiger partial charge on any atom is -0.515 e. The van der Waals surface area contributed by atoms with Crippen LogP contribution in [0, 0.1) is 5.82 Å². The number of likely N-dealkylation sites (tertiary alicyclic amines) is 1. The number of carbonyl (C=O) groups excluding carboxylic acids is 1. The molecular weight excluding hydrogens is 381 g/mol. The molecule has 6 heteroatoms. The van der Waals surface area contributed by atoms with Crippen molar-refractivity contribution < 1.29 is 19.4 Å². The molecule has 0 spiro atoms. The molecule has 1 aliphatic heterocycles. The zero-order valence-corrected chi connectivity index (χ0v) is 16.2. The third-order valence-electron chi connectivity index (χ3n) is 5.31. The number of halogens is 2. The number of Topliss-reactive ketones (excluding diaryl/α,β-unsaturated/α-hetero) is 1. The van der Waals surface area contributed by atoms with E-state index >= 15 is 0 Å².